The first kappa shape index (κ1) is 17.8. The zero-order valence-electron chi connectivity index (χ0n) is 13.0. The zero-order valence-corrected chi connectivity index (χ0v) is 13.8. The lowest BCUT2D eigenvalue weighted by molar-refractivity contribution is -0.121. The second-order valence-corrected chi connectivity index (χ2v) is 8.38. The maximum absolute atomic E-state index is 13.6. The van der Waals surface area contributed by atoms with Crippen molar-refractivity contribution in [2.24, 2.45) is 0 Å². The van der Waals surface area contributed by atoms with Crippen LogP contribution in [0.25, 0.3) is 0 Å². The zero-order chi connectivity index (χ0) is 17.0. The van der Waals surface area contributed by atoms with Crippen LogP contribution in [-0.4, -0.2) is 25.3 Å². The number of amides is 1. The van der Waals surface area contributed by atoms with Crippen molar-refractivity contribution < 1.29 is 22.0 Å². The van der Waals surface area contributed by atoms with Gasteiger partial charge in [-0.15, -0.1) is 0 Å². The third kappa shape index (κ3) is 4.73. The van der Waals surface area contributed by atoms with E-state index in [1.54, 1.807) is 6.92 Å². The summed E-state index contributed by atoms with van der Waals surface area (Å²) in [6.45, 7) is 1.57. The Morgan fingerprint density at radius 3 is 2.57 bits per heavy atom. The average molecular weight is 345 g/mol. The molecule has 0 unspecified atom stereocenters. The molecule has 128 valence electrons. The summed E-state index contributed by atoms with van der Waals surface area (Å²) < 4.78 is 50.7. The fourth-order valence-corrected chi connectivity index (χ4v) is 4.75. The van der Waals surface area contributed by atoms with Gasteiger partial charge >= 0.3 is 0 Å². The van der Waals surface area contributed by atoms with Gasteiger partial charge in [0.05, 0.1) is 17.0 Å². The van der Waals surface area contributed by atoms with Crippen molar-refractivity contribution in [3.8, 4) is 0 Å². The Hall–Kier alpha value is -1.50. The Morgan fingerprint density at radius 1 is 1.30 bits per heavy atom. The number of halogens is 2. The summed E-state index contributed by atoms with van der Waals surface area (Å²) in [7, 11) is -3.25. The van der Waals surface area contributed by atoms with Crippen LogP contribution in [0.1, 0.15) is 50.6 Å². The van der Waals surface area contributed by atoms with Gasteiger partial charge in [-0.2, -0.15) is 0 Å². The Labute approximate surface area is 135 Å². The van der Waals surface area contributed by atoms with E-state index in [2.05, 4.69) is 5.32 Å². The van der Waals surface area contributed by atoms with E-state index in [9.17, 15) is 22.0 Å². The summed E-state index contributed by atoms with van der Waals surface area (Å²) in [5.41, 5.74) is 0.165. The molecule has 0 radical (unpaired) electrons. The van der Waals surface area contributed by atoms with Gasteiger partial charge in [-0.3, -0.25) is 4.79 Å². The van der Waals surface area contributed by atoms with Crippen molar-refractivity contribution in [3.05, 3.63) is 35.4 Å². The van der Waals surface area contributed by atoms with Crippen LogP contribution in [-0.2, 0) is 14.6 Å². The van der Waals surface area contributed by atoms with E-state index in [1.807, 2.05) is 0 Å². The van der Waals surface area contributed by atoms with Crippen LogP contribution in [0.4, 0.5) is 8.78 Å². The van der Waals surface area contributed by atoms with Crippen molar-refractivity contribution >= 4 is 15.7 Å². The van der Waals surface area contributed by atoms with Crippen LogP contribution in [0.15, 0.2) is 18.2 Å². The van der Waals surface area contributed by atoms with Crippen LogP contribution in [0, 0.1) is 11.6 Å². The molecule has 1 aromatic rings. The molecule has 2 rings (SSSR count). The maximum Gasteiger partial charge on any atom is 0.221 e. The molecule has 0 bridgehead atoms. The molecule has 1 fully saturated rings. The minimum absolute atomic E-state index is 0.147. The van der Waals surface area contributed by atoms with Crippen LogP contribution in [0.5, 0.6) is 0 Å². The van der Waals surface area contributed by atoms with Crippen molar-refractivity contribution in [2.45, 2.75) is 50.3 Å². The molecule has 0 aromatic heterocycles. The van der Waals surface area contributed by atoms with Crippen LogP contribution < -0.4 is 5.32 Å². The maximum atomic E-state index is 13.6. The molecule has 1 saturated carbocycles. The molecule has 1 N–H and O–H groups in total. The van der Waals surface area contributed by atoms with Crippen molar-refractivity contribution in [2.75, 3.05) is 5.75 Å². The number of hydrogen-bond acceptors (Lipinski definition) is 3. The van der Waals surface area contributed by atoms with Crippen molar-refractivity contribution in [3.63, 3.8) is 0 Å². The van der Waals surface area contributed by atoms with Gasteiger partial charge < -0.3 is 5.32 Å². The second-order valence-electron chi connectivity index (χ2n) is 5.98. The standard InChI is InChI=1S/C16H21F2NO3S/c1-11(14-7-6-12(17)10-15(14)18)19-16(20)8-9-23(21,22)13-4-2-3-5-13/h6-7,10-11,13H,2-5,8-9H2,1H3,(H,19,20)/t11-/m0/s1. The highest BCUT2D eigenvalue weighted by molar-refractivity contribution is 7.92. The first-order valence-electron chi connectivity index (χ1n) is 7.75. The number of rotatable bonds is 6. The van der Waals surface area contributed by atoms with Gasteiger partial charge in [-0.1, -0.05) is 18.9 Å². The monoisotopic (exact) mass is 345 g/mol. The fourth-order valence-electron chi connectivity index (χ4n) is 2.89. The third-order valence-electron chi connectivity index (χ3n) is 4.23. The first-order valence-corrected chi connectivity index (χ1v) is 9.47. The molecule has 1 amide bonds. The predicted octanol–water partition coefficient (Wildman–Crippen LogP) is 2.89. The molecule has 0 spiro atoms. The molecule has 23 heavy (non-hydrogen) atoms. The quantitative estimate of drug-likeness (QED) is 0.862. The van der Waals surface area contributed by atoms with E-state index in [-0.39, 0.29) is 23.0 Å². The van der Waals surface area contributed by atoms with Gasteiger partial charge in [0.2, 0.25) is 5.91 Å². The Morgan fingerprint density at radius 2 is 1.96 bits per heavy atom. The predicted molar refractivity (Wildman–Crippen MR) is 83.6 cm³/mol. The van der Waals surface area contributed by atoms with Gasteiger partial charge in [0.1, 0.15) is 11.6 Å². The largest absolute Gasteiger partial charge is 0.349 e. The van der Waals surface area contributed by atoms with Crippen LogP contribution in [0.3, 0.4) is 0 Å². The number of carbonyl (C=O) groups excluding carboxylic acids is 1. The lowest BCUT2D eigenvalue weighted by Crippen LogP contribution is -2.30. The molecule has 4 nitrogen and oxygen atoms in total. The highest BCUT2D eigenvalue weighted by atomic mass is 32.2. The third-order valence-corrected chi connectivity index (χ3v) is 6.49. The lowest BCUT2D eigenvalue weighted by atomic mass is 10.1. The SMILES string of the molecule is C[C@H](NC(=O)CCS(=O)(=O)C1CCCC1)c1ccc(F)cc1F. The minimum atomic E-state index is -3.25. The molecule has 0 aliphatic heterocycles. The van der Waals surface area contributed by atoms with Gasteiger partial charge in [-0.05, 0) is 25.8 Å². The van der Waals surface area contributed by atoms with E-state index in [4.69, 9.17) is 0 Å². The molecular formula is C16H21F2NO3S. The first-order chi connectivity index (χ1) is 10.8. The topological polar surface area (TPSA) is 63.2 Å². The van der Waals surface area contributed by atoms with Crippen molar-refractivity contribution in [1.82, 2.24) is 5.32 Å². The number of hydrogen-bond donors (Lipinski definition) is 1. The smallest absolute Gasteiger partial charge is 0.221 e. The van der Waals surface area contributed by atoms with E-state index in [0.717, 1.165) is 25.0 Å². The van der Waals surface area contributed by atoms with Gasteiger partial charge in [-0.25, -0.2) is 17.2 Å². The number of carbonyl (C=O) groups is 1. The highest BCUT2D eigenvalue weighted by Crippen LogP contribution is 2.25. The van der Waals surface area contributed by atoms with E-state index in [1.165, 1.54) is 6.07 Å². The summed E-state index contributed by atoms with van der Waals surface area (Å²) in [6, 6.07) is 2.48. The van der Waals surface area contributed by atoms with Crippen LogP contribution >= 0.6 is 0 Å². The second kappa shape index (κ2) is 7.38. The lowest BCUT2D eigenvalue weighted by Gasteiger charge is -2.16. The van der Waals surface area contributed by atoms with E-state index < -0.39 is 33.4 Å². The molecule has 1 atom stereocenters. The highest BCUT2D eigenvalue weighted by Gasteiger charge is 2.29. The Balaban J connectivity index is 1.89. The summed E-state index contributed by atoms with van der Waals surface area (Å²) in [5, 5.41) is 2.22. The molecule has 1 aliphatic carbocycles. The summed E-state index contributed by atoms with van der Waals surface area (Å²) >= 11 is 0. The Kier molecular flexibility index (Phi) is 5.73. The molecule has 1 aromatic carbocycles. The normalized spacial score (nSPS) is 17.2. The Bertz CT molecular complexity index is 670. The van der Waals surface area contributed by atoms with E-state index >= 15 is 0 Å². The summed E-state index contributed by atoms with van der Waals surface area (Å²) in [6.07, 6.45) is 3.02. The van der Waals surface area contributed by atoms with Gasteiger partial charge in [0.25, 0.3) is 0 Å². The molecule has 0 heterocycles. The van der Waals surface area contributed by atoms with Crippen molar-refractivity contribution in [1.29, 1.82) is 0 Å². The molecule has 7 heteroatoms. The molecular weight excluding hydrogens is 324 g/mol. The number of benzene rings is 1. The molecule has 0 saturated heterocycles. The van der Waals surface area contributed by atoms with Crippen LogP contribution in [0.2, 0.25) is 0 Å². The fraction of sp³-hybridized carbons (Fsp3) is 0.562. The van der Waals surface area contributed by atoms with E-state index in [0.29, 0.717) is 12.8 Å². The summed E-state index contributed by atoms with van der Waals surface area (Å²) in [4.78, 5) is 11.9. The average Bonchev–Trinajstić information content (AvgIpc) is 3.00. The minimum Gasteiger partial charge on any atom is -0.349 e. The summed E-state index contributed by atoms with van der Waals surface area (Å²) in [5.74, 6) is -2.08. The number of nitrogens with one attached hydrogen (secondary N) is 1. The van der Waals surface area contributed by atoms with Gasteiger partial charge in [0.15, 0.2) is 9.84 Å². The number of sulfone groups is 1. The molecule has 1 aliphatic rings. The van der Waals surface area contributed by atoms with Gasteiger partial charge in [0, 0.05) is 18.1 Å².